The molecule has 0 fully saturated rings. The number of carbonyl (C=O) groups excluding carboxylic acids is 1. The van der Waals surface area contributed by atoms with Crippen molar-refractivity contribution in [2.24, 2.45) is 0 Å². The van der Waals surface area contributed by atoms with Gasteiger partial charge in [-0.05, 0) is 17.5 Å². The Morgan fingerprint density at radius 2 is 2.26 bits per heavy atom. The summed E-state index contributed by atoms with van der Waals surface area (Å²) >= 11 is 5.54. The fourth-order valence-electron chi connectivity index (χ4n) is 2.28. The third-order valence-electron chi connectivity index (χ3n) is 3.28. The monoisotopic (exact) mass is 284 g/mol. The maximum Gasteiger partial charge on any atom is 0.269 e. The van der Waals surface area contributed by atoms with E-state index in [4.69, 9.17) is 11.6 Å². The third-order valence-corrected chi connectivity index (χ3v) is 3.51. The van der Waals surface area contributed by atoms with E-state index in [-0.39, 0.29) is 36.7 Å². The van der Waals surface area contributed by atoms with Crippen LogP contribution in [-0.2, 0) is 17.8 Å². The van der Waals surface area contributed by atoms with Gasteiger partial charge in [-0.15, -0.1) is 11.6 Å². The lowest BCUT2D eigenvalue weighted by Gasteiger charge is -2.35. The number of fused-ring (bicyclic) bond motifs is 1. The molecule has 0 saturated heterocycles. The Bertz CT molecular complexity index is 520. The number of halogens is 1. The molecule has 0 saturated carbocycles. The van der Waals surface area contributed by atoms with Crippen molar-refractivity contribution in [2.45, 2.75) is 19.0 Å². The minimum atomic E-state index is -0.466. The van der Waals surface area contributed by atoms with Crippen molar-refractivity contribution < 1.29 is 14.8 Å². The molecule has 102 valence electrons. The van der Waals surface area contributed by atoms with Crippen molar-refractivity contribution >= 4 is 23.2 Å². The lowest BCUT2D eigenvalue weighted by atomic mass is 9.94. The highest BCUT2D eigenvalue weighted by Crippen LogP contribution is 2.27. The Hall–Kier alpha value is -1.66. The number of nitro groups is 1. The molecule has 1 aromatic rings. The zero-order valence-corrected chi connectivity index (χ0v) is 10.8. The van der Waals surface area contributed by atoms with Crippen LogP contribution in [0.2, 0.25) is 0 Å². The molecule has 19 heavy (non-hydrogen) atoms. The number of hydrogen-bond acceptors (Lipinski definition) is 4. The Kier molecular flexibility index (Phi) is 4.01. The topological polar surface area (TPSA) is 83.7 Å². The van der Waals surface area contributed by atoms with Crippen LogP contribution in [0.25, 0.3) is 0 Å². The molecular formula is C12H13ClN2O4. The van der Waals surface area contributed by atoms with Gasteiger partial charge in [0.25, 0.3) is 5.69 Å². The summed E-state index contributed by atoms with van der Waals surface area (Å²) in [4.78, 5) is 23.5. The van der Waals surface area contributed by atoms with Crippen LogP contribution in [0, 0.1) is 10.1 Å². The number of aliphatic hydroxyl groups excluding tert-OH is 1. The van der Waals surface area contributed by atoms with Crippen LogP contribution in [0.1, 0.15) is 11.1 Å². The fraction of sp³-hybridized carbons (Fsp3) is 0.417. The van der Waals surface area contributed by atoms with Crippen LogP contribution in [0.4, 0.5) is 5.69 Å². The number of rotatable bonds is 3. The molecule has 0 aliphatic carbocycles. The van der Waals surface area contributed by atoms with E-state index in [9.17, 15) is 20.0 Å². The molecule has 1 unspecified atom stereocenters. The van der Waals surface area contributed by atoms with E-state index >= 15 is 0 Å². The number of non-ortho nitro benzene ring substituents is 1. The molecule has 0 bridgehead atoms. The largest absolute Gasteiger partial charge is 0.394 e. The maximum atomic E-state index is 11.7. The number of alkyl halides is 1. The van der Waals surface area contributed by atoms with Crippen LogP contribution in [0.3, 0.4) is 0 Å². The molecule has 7 heteroatoms. The summed E-state index contributed by atoms with van der Waals surface area (Å²) in [5, 5.41) is 20.1. The van der Waals surface area contributed by atoms with Gasteiger partial charge < -0.3 is 10.0 Å². The van der Waals surface area contributed by atoms with Crippen molar-refractivity contribution in [3.05, 3.63) is 39.4 Å². The zero-order valence-electron chi connectivity index (χ0n) is 10.1. The summed E-state index contributed by atoms with van der Waals surface area (Å²) in [7, 11) is 0. The molecule has 1 heterocycles. The van der Waals surface area contributed by atoms with Crippen LogP contribution < -0.4 is 0 Å². The summed E-state index contributed by atoms with van der Waals surface area (Å²) in [6.45, 7) is 0.0901. The fourth-order valence-corrected chi connectivity index (χ4v) is 2.43. The number of nitrogens with zero attached hydrogens (tertiary/aromatic N) is 2. The Labute approximate surface area is 114 Å². The summed E-state index contributed by atoms with van der Waals surface area (Å²) < 4.78 is 0. The number of amides is 1. The van der Waals surface area contributed by atoms with Crippen molar-refractivity contribution in [3.63, 3.8) is 0 Å². The Morgan fingerprint density at radius 3 is 2.84 bits per heavy atom. The summed E-state index contributed by atoms with van der Waals surface area (Å²) in [6.07, 6.45) is 0.479. The molecule has 1 amide bonds. The van der Waals surface area contributed by atoms with Gasteiger partial charge in [-0.2, -0.15) is 0 Å². The number of hydrogen-bond donors (Lipinski definition) is 1. The summed E-state index contributed by atoms with van der Waals surface area (Å²) in [5.41, 5.74) is 1.65. The maximum absolute atomic E-state index is 11.7. The smallest absolute Gasteiger partial charge is 0.269 e. The first-order valence-electron chi connectivity index (χ1n) is 5.79. The van der Waals surface area contributed by atoms with Gasteiger partial charge in [-0.1, -0.05) is 6.07 Å². The number of nitro benzene ring substituents is 1. The highest BCUT2D eigenvalue weighted by atomic mass is 35.5. The molecule has 0 spiro atoms. The van der Waals surface area contributed by atoms with Crippen LogP contribution in [-0.4, -0.2) is 39.4 Å². The first kappa shape index (κ1) is 13.8. The zero-order chi connectivity index (χ0) is 14.0. The Morgan fingerprint density at radius 1 is 1.53 bits per heavy atom. The van der Waals surface area contributed by atoms with Gasteiger partial charge in [0.1, 0.15) is 5.88 Å². The lowest BCUT2D eigenvalue weighted by molar-refractivity contribution is -0.385. The van der Waals surface area contributed by atoms with Gasteiger partial charge in [0.2, 0.25) is 5.91 Å². The molecule has 0 radical (unpaired) electrons. The van der Waals surface area contributed by atoms with E-state index in [2.05, 4.69) is 0 Å². The normalized spacial score (nSPS) is 18.0. The summed E-state index contributed by atoms with van der Waals surface area (Å²) in [6, 6.07) is 4.27. The van der Waals surface area contributed by atoms with Gasteiger partial charge in [0, 0.05) is 18.7 Å². The lowest BCUT2D eigenvalue weighted by Crippen LogP contribution is -2.46. The van der Waals surface area contributed by atoms with Gasteiger partial charge in [-0.3, -0.25) is 14.9 Å². The minimum absolute atomic E-state index is 0.000490. The first-order valence-corrected chi connectivity index (χ1v) is 6.32. The second-order valence-electron chi connectivity index (χ2n) is 4.41. The van der Waals surface area contributed by atoms with E-state index in [0.29, 0.717) is 6.42 Å². The molecule has 6 nitrogen and oxygen atoms in total. The molecule has 1 aliphatic rings. The van der Waals surface area contributed by atoms with E-state index in [1.165, 1.54) is 17.0 Å². The van der Waals surface area contributed by atoms with Crippen LogP contribution in [0.5, 0.6) is 0 Å². The average Bonchev–Trinajstić information content (AvgIpc) is 2.44. The SMILES string of the molecule is O=C(CCl)N1Cc2cc([N+](=O)[O-])ccc2CC1CO. The first-order chi connectivity index (χ1) is 9.06. The predicted molar refractivity (Wildman–Crippen MR) is 68.9 cm³/mol. The van der Waals surface area contributed by atoms with Crippen LogP contribution >= 0.6 is 11.6 Å². The second kappa shape index (κ2) is 5.54. The van der Waals surface area contributed by atoms with Gasteiger partial charge in [0.05, 0.1) is 17.6 Å². The number of aliphatic hydroxyl groups is 1. The van der Waals surface area contributed by atoms with Gasteiger partial charge >= 0.3 is 0 Å². The van der Waals surface area contributed by atoms with Crippen molar-refractivity contribution in [2.75, 3.05) is 12.5 Å². The molecule has 1 aromatic carbocycles. The van der Waals surface area contributed by atoms with E-state index in [0.717, 1.165) is 11.1 Å². The van der Waals surface area contributed by atoms with Crippen molar-refractivity contribution in [1.29, 1.82) is 0 Å². The van der Waals surface area contributed by atoms with Crippen molar-refractivity contribution in [1.82, 2.24) is 4.90 Å². The van der Waals surface area contributed by atoms with Crippen molar-refractivity contribution in [3.8, 4) is 0 Å². The molecule has 1 atom stereocenters. The molecule has 0 aromatic heterocycles. The third kappa shape index (κ3) is 2.69. The minimum Gasteiger partial charge on any atom is -0.394 e. The average molecular weight is 285 g/mol. The summed E-state index contributed by atoms with van der Waals surface area (Å²) in [5.74, 6) is -0.446. The highest BCUT2D eigenvalue weighted by Gasteiger charge is 2.29. The van der Waals surface area contributed by atoms with Gasteiger partial charge in [0.15, 0.2) is 0 Å². The standard InChI is InChI=1S/C12H13ClN2O4/c13-5-12(17)14-6-9-4-10(15(18)19)2-1-8(9)3-11(14)7-16/h1-2,4,11,16H,3,5-7H2. The molecule has 1 N–H and O–H groups in total. The van der Waals surface area contributed by atoms with Gasteiger partial charge in [-0.25, -0.2) is 0 Å². The van der Waals surface area contributed by atoms with E-state index < -0.39 is 4.92 Å². The molecule has 2 rings (SSSR count). The van der Waals surface area contributed by atoms with Crippen LogP contribution in [0.15, 0.2) is 18.2 Å². The second-order valence-corrected chi connectivity index (χ2v) is 4.67. The Balaban J connectivity index is 2.34. The number of carbonyl (C=O) groups is 1. The number of benzene rings is 1. The van der Waals surface area contributed by atoms with E-state index in [1.807, 2.05) is 0 Å². The molecule has 1 aliphatic heterocycles. The van der Waals surface area contributed by atoms with E-state index in [1.54, 1.807) is 6.07 Å². The molecular weight excluding hydrogens is 272 g/mol. The quantitative estimate of drug-likeness (QED) is 0.511. The highest BCUT2D eigenvalue weighted by molar-refractivity contribution is 6.27. The predicted octanol–water partition coefficient (Wildman–Crippen LogP) is 1.08.